The van der Waals surface area contributed by atoms with Crippen molar-refractivity contribution in [1.29, 1.82) is 0 Å². The zero-order chi connectivity index (χ0) is 14.8. The van der Waals surface area contributed by atoms with E-state index in [2.05, 4.69) is 13.8 Å². The summed E-state index contributed by atoms with van der Waals surface area (Å²) < 4.78 is 0. The van der Waals surface area contributed by atoms with E-state index in [4.69, 9.17) is 5.73 Å². The topological polar surface area (TPSA) is 46.2 Å². The van der Waals surface area contributed by atoms with Gasteiger partial charge in [-0.15, -0.1) is 0 Å². The molecule has 0 amide bonds. The van der Waals surface area contributed by atoms with E-state index in [1.165, 1.54) is 44.9 Å². The second kappa shape index (κ2) is 4.71. The molecule has 0 aliphatic heterocycles. The van der Waals surface area contributed by atoms with Crippen LogP contribution in [0, 0.1) is 34.5 Å². The minimum Gasteiger partial charge on any atom is -0.393 e. The van der Waals surface area contributed by atoms with Gasteiger partial charge in [-0.3, -0.25) is 0 Å². The fourth-order valence-corrected chi connectivity index (χ4v) is 7.28. The van der Waals surface area contributed by atoms with E-state index in [1.54, 1.807) is 0 Å². The highest BCUT2D eigenvalue weighted by atomic mass is 16.3. The molecule has 3 N–H and O–H groups in total. The lowest BCUT2D eigenvalue weighted by Gasteiger charge is -2.60. The normalized spacial score (nSPS) is 60.0. The molecule has 0 radical (unpaired) electrons. The van der Waals surface area contributed by atoms with Gasteiger partial charge in [-0.25, -0.2) is 0 Å². The van der Waals surface area contributed by atoms with E-state index >= 15 is 0 Å². The van der Waals surface area contributed by atoms with Crippen LogP contribution in [0.15, 0.2) is 0 Å². The largest absolute Gasteiger partial charge is 0.393 e. The van der Waals surface area contributed by atoms with Crippen molar-refractivity contribution in [1.82, 2.24) is 0 Å². The number of fused-ring (bicyclic) bond motifs is 5. The number of rotatable bonds is 0. The molecule has 4 aliphatic carbocycles. The molecule has 0 heterocycles. The van der Waals surface area contributed by atoms with Gasteiger partial charge in [-0.05, 0) is 92.3 Å². The Bertz CT molecular complexity index is 424. The first-order valence-corrected chi connectivity index (χ1v) is 9.39. The smallest absolute Gasteiger partial charge is 0.0543 e. The van der Waals surface area contributed by atoms with Gasteiger partial charge in [0.2, 0.25) is 0 Å². The number of nitrogens with two attached hydrogens (primary N) is 1. The maximum atomic E-state index is 10.1. The third-order valence-corrected chi connectivity index (χ3v) is 8.71. The number of hydrogen-bond acceptors (Lipinski definition) is 2. The summed E-state index contributed by atoms with van der Waals surface area (Å²) in [5, 5.41) is 10.1. The molecule has 0 aromatic rings. The van der Waals surface area contributed by atoms with Gasteiger partial charge in [0.15, 0.2) is 0 Å². The molecule has 4 aliphatic rings. The SMILES string of the molecule is C[C@]12CC[C@H](O)C[C@@H]1CC[C@@H]1[C@@H]2CC[C@]2(C)[C@@H](N)CC[C@@H]12. The number of aliphatic hydroxyl groups is 1. The zero-order valence-corrected chi connectivity index (χ0v) is 13.9. The fraction of sp³-hybridized carbons (Fsp3) is 1.00. The molecule has 21 heavy (non-hydrogen) atoms. The maximum Gasteiger partial charge on any atom is 0.0543 e. The number of hydrogen-bond donors (Lipinski definition) is 2. The molecular weight excluding hydrogens is 258 g/mol. The molecule has 4 fully saturated rings. The summed E-state index contributed by atoms with van der Waals surface area (Å²) in [5.74, 6) is 3.50. The standard InChI is InChI=1S/C19H33NO/c1-18-9-7-13(21)11-12(18)3-4-14-15-5-6-17(20)19(15,2)10-8-16(14)18/h12-17,21H,3-11,20H2,1-2H3/t12-,13-,14-,15-,16-,17-,18-,19-/m0/s1. The Kier molecular flexibility index (Phi) is 3.25. The van der Waals surface area contributed by atoms with Gasteiger partial charge < -0.3 is 10.8 Å². The summed E-state index contributed by atoms with van der Waals surface area (Å²) in [4.78, 5) is 0. The van der Waals surface area contributed by atoms with E-state index < -0.39 is 0 Å². The van der Waals surface area contributed by atoms with Crippen molar-refractivity contribution in [2.45, 2.75) is 83.8 Å². The Morgan fingerprint density at radius 2 is 1.57 bits per heavy atom. The molecule has 0 spiro atoms. The lowest BCUT2D eigenvalue weighted by molar-refractivity contribution is -0.122. The van der Waals surface area contributed by atoms with Gasteiger partial charge in [-0.2, -0.15) is 0 Å². The average molecular weight is 291 g/mol. The van der Waals surface area contributed by atoms with E-state index in [9.17, 15) is 5.11 Å². The van der Waals surface area contributed by atoms with Crippen LogP contribution < -0.4 is 5.73 Å². The van der Waals surface area contributed by atoms with Gasteiger partial charge in [0.1, 0.15) is 0 Å². The molecule has 4 rings (SSSR count). The quantitative estimate of drug-likeness (QED) is 0.714. The molecule has 120 valence electrons. The van der Waals surface area contributed by atoms with Crippen LogP contribution in [0.4, 0.5) is 0 Å². The first-order valence-electron chi connectivity index (χ1n) is 9.39. The van der Waals surface area contributed by atoms with Gasteiger partial charge >= 0.3 is 0 Å². The maximum absolute atomic E-state index is 10.1. The van der Waals surface area contributed by atoms with Gasteiger partial charge in [0.25, 0.3) is 0 Å². The summed E-state index contributed by atoms with van der Waals surface area (Å²) >= 11 is 0. The molecule has 4 saturated carbocycles. The Labute approximate surface area is 129 Å². The van der Waals surface area contributed by atoms with E-state index in [0.29, 0.717) is 16.9 Å². The highest BCUT2D eigenvalue weighted by molar-refractivity contribution is 5.10. The lowest BCUT2D eigenvalue weighted by Crippen LogP contribution is -2.55. The predicted molar refractivity (Wildman–Crippen MR) is 85.7 cm³/mol. The van der Waals surface area contributed by atoms with E-state index in [1.807, 2.05) is 0 Å². The molecule has 2 heteroatoms. The lowest BCUT2D eigenvalue weighted by atomic mass is 9.45. The molecule has 0 unspecified atom stereocenters. The fourth-order valence-electron chi connectivity index (χ4n) is 7.28. The minimum atomic E-state index is -0.0200. The van der Waals surface area contributed by atoms with Crippen LogP contribution >= 0.6 is 0 Å². The van der Waals surface area contributed by atoms with Crippen molar-refractivity contribution in [3.05, 3.63) is 0 Å². The van der Waals surface area contributed by atoms with E-state index in [-0.39, 0.29) is 6.10 Å². The minimum absolute atomic E-state index is 0.0200. The summed E-state index contributed by atoms with van der Waals surface area (Å²) in [6.45, 7) is 5.06. The van der Waals surface area contributed by atoms with Crippen LogP contribution in [0.5, 0.6) is 0 Å². The first kappa shape index (κ1) is 14.5. The van der Waals surface area contributed by atoms with Crippen molar-refractivity contribution >= 4 is 0 Å². The predicted octanol–water partition coefficient (Wildman–Crippen LogP) is 3.72. The summed E-state index contributed by atoms with van der Waals surface area (Å²) in [6, 6.07) is 0.446. The van der Waals surface area contributed by atoms with Gasteiger partial charge in [0, 0.05) is 6.04 Å². The second-order valence-electron chi connectivity index (χ2n) is 9.31. The molecule has 2 nitrogen and oxygen atoms in total. The molecule has 8 atom stereocenters. The van der Waals surface area contributed by atoms with Crippen LogP contribution in [0.1, 0.15) is 71.6 Å². The highest BCUT2D eigenvalue weighted by Gasteiger charge is 2.59. The highest BCUT2D eigenvalue weighted by Crippen LogP contribution is 2.65. The van der Waals surface area contributed by atoms with E-state index in [0.717, 1.165) is 36.5 Å². The first-order chi connectivity index (χ1) is 9.95. The van der Waals surface area contributed by atoms with Crippen LogP contribution in [0.25, 0.3) is 0 Å². The Balaban J connectivity index is 1.62. The van der Waals surface area contributed by atoms with Crippen molar-refractivity contribution in [3.8, 4) is 0 Å². The Morgan fingerprint density at radius 1 is 0.857 bits per heavy atom. The van der Waals surface area contributed by atoms with Crippen molar-refractivity contribution in [2.75, 3.05) is 0 Å². The Morgan fingerprint density at radius 3 is 2.38 bits per heavy atom. The van der Waals surface area contributed by atoms with Gasteiger partial charge in [0.05, 0.1) is 6.10 Å². The summed E-state index contributed by atoms with van der Waals surface area (Å²) in [6.07, 6.45) is 11.5. The average Bonchev–Trinajstić information content (AvgIpc) is 2.76. The van der Waals surface area contributed by atoms with Crippen LogP contribution in [-0.2, 0) is 0 Å². The molecular formula is C19H33NO. The number of aliphatic hydroxyl groups excluding tert-OH is 1. The van der Waals surface area contributed by atoms with Crippen molar-refractivity contribution in [2.24, 2.45) is 40.2 Å². The summed E-state index contributed by atoms with van der Waals surface area (Å²) in [5.41, 5.74) is 7.43. The van der Waals surface area contributed by atoms with Gasteiger partial charge in [-0.1, -0.05) is 13.8 Å². The van der Waals surface area contributed by atoms with Crippen LogP contribution in [0.2, 0.25) is 0 Å². The second-order valence-corrected chi connectivity index (χ2v) is 9.31. The molecule has 0 bridgehead atoms. The molecule has 0 aromatic carbocycles. The van der Waals surface area contributed by atoms with Crippen molar-refractivity contribution in [3.63, 3.8) is 0 Å². The molecule has 0 aromatic heterocycles. The molecule has 0 saturated heterocycles. The zero-order valence-electron chi connectivity index (χ0n) is 13.9. The van der Waals surface area contributed by atoms with Crippen molar-refractivity contribution < 1.29 is 5.11 Å². The summed E-state index contributed by atoms with van der Waals surface area (Å²) in [7, 11) is 0. The van der Waals surface area contributed by atoms with Crippen LogP contribution in [-0.4, -0.2) is 17.3 Å². The Hall–Kier alpha value is -0.0800. The third-order valence-electron chi connectivity index (χ3n) is 8.71. The monoisotopic (exact) mass is 291 g/mol. The van der Waals surface area contributed by atoms with Crippen LogP contribution in [0.3, 0.4) is 0 Å². The third kappa shape index (κ3) is 1.91.